The van der Waals surface area contributed by atoms with Gasteiger partial charge in [0.25, 0.3) is 0 Å². The molecule has 1 aromatic heterocycles. The van der Waals surface area contributed by atoms with Crippen LogP contribution in [0, 0.1) is 0 Å². The van der Waals surface area contributed by atoms with Gasteiger partial charge in [0.05, 0.1) is 5.60 Å². The van der Waals surface area contributed by atoms with Crippen molar-refractivity contribution in [2.24, 2.45) is 4.99 Å². The molecule has 120 valence electrons. The Morgan fingerprint density at radius 3 is 2.95 bits per heavy atom. The average Bonchev–Trinajstić information content (AvgIpc) is 3.09. The molecular weight excluding hydrogens is 417 g/mol. The second-order valence-electron chi connectivity index (χ2n) is 5.18. The van der Waals surface area contributed by atoms with Crippen LogP contribution in [0.15, 0.2) is 22.5 Å². The molecule has 0 spiro atoms. The van der Waals surface area contributed by atoms with Crippen molar-refractivity contribution in [3.63, 3.8) is 0 Å². The average molecular weight is 441 g/mol. The van der Waals surface area contributed by atoms with Crippen molar-refractivity contribution in [1.29, 1.82) is 0 Å². The Bertz CT molecular complexity index is 433. The van der Waals surface area contributed by atoms with Gasteiger partial charge in [-0.25, -0.2) is 0 Å². The van der Waals surface area contributed by atoms with E-state index in [9.17, 15) is 5.11 Å². The first kappa shape index (κ1) is 19.1. The summed E-state index contributed by atoms with van der Waals surface area (Å²) in [5.41, 5.74) is -0.574. The van der Waals surface area contributed by atoms with Crippen LogP contribution in [0.4, 0.5) is 0 Å². The van der Waals surface area contributed by atoms with Gasteiger partial charge in [0.2, 0.25) is 0 Å². The molecule has 1 aromatic rings. The quantitative estimate of drug-likeness (QED) is 0.418. The highest BCUT2D eigenvalue weighted by Crippen LogP contribution is 2.26. The topological polar surface area (TPSA) is 47.9 Å². The van der Waals surface area contributed by atoms with Gasteiger partial charge in [-0.3, -0.25) is 4.99 Å². The Labute approximate surface area is 152 Å². The van der Waals surface area contributed by atoms with Crippen LogP contribution in [0.25, 0.3) is 0 Å². The van der Waals surface area contributed by atoms with Crippen molar-refractivity contribution in [1.82, 2.24) is 10.2 Å². The van der Waals surface area contributed by atoms with Crippen molar-refractivity contribution >= 4 is 53.0 Å². The molecule has 0 aliphatic carbocycles. The maximum atomic E-state index is 10.3. The van der Waals surface area contributed by atoms with E-state index in [0.29, 0.717) is 6.54 Å². The summed E-state index contributed by atoms with van der Waals surface area (Å²) in [5, 5.41) is 15.7. The Morgan fingerprint density at radius 1 is 1.57 bits per heavy atom. The molecule has 1 saturated heterocycles. The molecule has 0 bridgehead atoms. The molecule has 1 aliphatic heterocycles. The molecule has 0 aromatic carbocycles. The summed E-state index contributed by atoms with van der Waals surface area (Å²) in [6, 6.07) is 4.24. The third kappa shape index (κ3) is 5.96. The molecule has 1 aliphatic rings. The SMILES string of the molecule is CN=C(NCC1(O)CCSC1)N(C)CCc1cccs1.I. The van der Waals surface area contributed by atoms with Crippen LogP contribution in [0.3, 0.4) is 0 Å². The molecular formula is C14H24IN3OS2. The van der Waals surface area contributed by atoms with Crippen molar-refractivity contribution in [2.45, 2.75) is 18.4 Å². The zero-order valence-corrected chi connectivity index (χ0v) is 16.5. The molecule has 2 heterocycles. The van der Waals surface area contributed by atoms with E-state index >= 15 is 0 Å². The lowest BCUT2D eigenvalue weighted by molar-refractivity contribution is 0.0719. The van der Waals surface area contributed by atoms with E-state index in [1.165, 1.54) is 4.88 Å². The number of nitrogens with one attached hydrogen (secondary N) is 1. The minimum Gasteiger partial charge on any atom is -0.387 e. The maximum absolute atomic E-state index is 10.3. The highest BCUT2D eigenvalue weighted by Gasteiger charge is 2.31. The molecule has 7 heteroatoms. The van der Waals surface area contributed by atoms with Crippen LogP contribution in [-0.4, -0.2) is 60.3 Å². The van der Waals surface area contributed by atoms with Crippen LogP contribution >= 0.6 is 47.1 Å². The monoisotopic (exact) mass is 441 g/mol. The number of nitrogens with zero attached hydrogens (tertiary/aromatic N) is 2. The first-order valence-corrected chi connectivity index (χ1v) is 8.91. The van der Waals surface area contributed by atoms with Gasteiger partial charge >= 0.3 is 0 Å². The second-order valence-corrected chi connectivity index (χ2v) is 7.32. The van der Waals surface area contributed by atoms with E-state index < -0.39 is 5.60 Å². The number of thioether (sulfide) groups is 1. The van der Waals surface area contributed by atoms with E-state index in [0.717, 1.165) is 36.9 Å². The first-order chi connectivity index (χ1) is 9.63. The summed E-state index contributed by atoms with van der Waals surface area (Å²) in [6.07, 6.45) is 1.88. The van der Waals surface area contributed by atoms with Gasteiger partial charge in [0, 0.05) is 37.8 Å². The van der Waals surface area contributed by atoms with Gasteiger partial charge in [0.15, 0.2) is 5.96 Å². The van der Waals surface area contributed by atoms with Crippen molar-refractivity contribution in [3.8, 4) is 0 Å². The van der Waals surface area contributed by atoms with E-state index in [1.807, 2.05) is 18.8 Å². The number of rotatable bonds is 5. The van der Waals surface area contributed by atoms with Crippen molar-refractivity contribution < 1.29 is 5.11 Å². The first-order valence-electron chi connectivity index (χ1n) is 6.87. The third-order valence-electron chi connectivity index (χ3n) is 3.51. The van der Waals surface area contributed by atoms with Gasteiger partial charge in [0.1, 0.15) is 0 Å². The number of thiophene rings is 1. The number of aliphatic imine (C=N–C) groups is 1. The van der Waals surface area contributed by atoms with Gasteiger partial charge in [-0.1, -0.05) is 6.07 Å². The molecule has 1 fully saturated rings. The summed E-state index contributed by atoms with van der Waals surface area (Å²) in [6.45, 7) is 1.50. The molecule has 2 N–H and O–H groups in total. The highest BCUT2D eigenvalue weighted by atomic mass is 127. The fraction of sp³-hybridized carbons (Fsp3) is 0.643. The molecule has 4 nitrogen and oxygen atoms in total. The van der Waals surface area contributed by atoms with Gasteiger partial charge in [-0.2, -0.15) is 11.8 Å². The molecule has 0 amide bonds. The highest BCUT2D eigenvalue weighted by molar-refractivity contribution is 14.0. The van der Waals surface area contributed by atoms with Crippen LogP contribution in [0.1, 0.15) is 11.3 Å². The number of likely N-dealkylation sites (N-methyl/N-ethyl adjacent to an activating group) is 1. The standard InChI is InChI=1S/C14H23N3OS2.HI/c1-15-13(16-10-14(18)6-9-19-11-14)17(2)7-5-12-4-3-8-20-12;/h3-4,8,18H,5-7,9-11H2,1-2H3,(H,15,16);1H. The summed E-state index contributed by atoms with van der Waals surface area (Å²) in [5.74, 6) is 2.72. The van der Waals surface area contributed by atoms with E-state index in [4.69, 9.17) is 0 Å². The number of hydrogen-bond donors (Lipinski definition) is 2. The summed E-state index contributed by atoms with van der Waals surface area (Å²) >= 11 is 3.60. The number of hydrogen-bond acceptors (Lipinski definition) is 4. The molecule has 0 saturated carbocycles. The van der Waals surface area contributed by atoms with E-state index in [1.54, 1.807) is 18.4 Å². The van der Waals surface area contributed by atoms with Gasteiger partial charge in [-0.15, -0.1) is 35.3 Å². The minimum absolute atomic E-state index is 0. The Hall–Kier alpha value is 0.01000. The van der Waals surface area contributed by atoms with Crippen LogP contribution < -0.4 is 5.32 Å². The molecule has 0 radical (unpaired) electrons. The van der Waals surface area contributed by atoms with E-state index in [2.05, 4.69) is 32.7 Å². The van der Waals surface area contributed by atoms with Crippen LogP contribution in [-0.2, 0) is 6.42 Å². The largest absolute Gasteiger partial charge is 0.387 e. The predicted molar refractivity (Wildman–Crippen MR) is 104 cm³/mol. The minimum atomic E-state index is -0.574. The molecule has 2 rings (SSSR count). The fourth-order valence-electron chi connectivity index (χ4n) is 2.20. The van der Waals surface area contributed by atoms with Crippen LogP contribution in [0.2, 0.25) is 0 Å². The zero-order chi connectivity index (χ0) is 14.4. The van der Waals surface area contributed by atoms with Gasteiger partial charge in [-0.05, 0) is 30.0 Å². The summed E-state index contributed by atoms with van der Waals surface area (Å²) in [4.78, 5) is 7.80. The lowest BCUT2D eigenvalue weighted by atomic mass is 10.0. The number of aliphatic hydroxyl groups is 1. The maximum Gasteiger partial charge on any atom is 0.193 e. The van der Waals surface area contributed by atoms with Crippen molar-refractivity contribution in [2.75, 3.05) is 38.7 Å². The molecule has 21 heavy (non-hydrogen) atoms. The Kier molecular flexibility index (Phi) is 8.36. The van der Waals surface area contributed by atoms with Gasteiger partial charge < -0.3 is 15.3 Å². The Balaban J connectivity index is 0.00000220. The summed E-state index contributed by atoms with van der Waals surface area (Å²) in [7, 11) is 3.83. The molecule has 1 unspecified atom stereocenters. The molecule has 1 atom stereocenters. The fourth-order valence-corrected chi connectivity index (χ4v) is 4.20. The lowest BCUT2D eigenvalue weighted by Crippen LogP contribution is -2.48. The van der Waals surface area contributed by atoms with Crippen LogP contribution in [0.5, 0.6) is 0 Å². The second kappa shape index (κ2) is 9.22. The lowest BCUT2D eigenvalue weighted by Gasteiger charge is -2.27. The number of halogens is 1. The normalized spacial score (nSPS) is 22.0. The van der Waals surface area contributed by atoms with Crippen molar-refractivity contribution in [3.05, 3.63) is 22.4 Å². The van der Waals surface area contributed by atoms with E-state index in [-0.39, 0.29) is 24.0 Å². The predicted octanol–water partition coefficient (Wildman–Crippen LogP) is 2.28. The third-order valence-corrected chi connectivity index (χ3v) is 5.68. The Morgan fingerprint density at radius 2 is 2.38 bits per heavy atom. The summed E-state index contributed by atoms with van der Waals surface area (Å²) < 4.78 is 0. The smallest absolute Gasteiger partial charge is 0.193 e. The number of guanidine groups is 1. The zero-order valence-electron chi connectivity index (χ0n) is 12.5.